The summed E-state index contributed by atoms with van der Waals surface area (Å²) >= 11 is 1.84. The quantitative estimate of drug-likeness (QED) is 0.814. The van der Waals surface area contributed by atoms with Gasteiger partial charge in [0.1, 0.15) is 0 Å². The predicted octanol–water partition coefficient (Wildman–Crippen LogP) is 2.57. The number of hydrogen-bond acceptors (Lipinski definition) is 5. The Balaban J connectivity index is 1.95. The Hall–Kier alpha value is -0.650. The number of aromatic nitrogens is 1. The van der Waals surface area contributed by atoms with Crippen molar-refractivity contribution < 1.29 is 4.74 Å². The third kappa shape index (κ3) is 3.91. The fraction of sp³-hybridized carbons (Fsp3) is 0.786. The summed E-state index contributed by atoms with van der Waals surface area (Å²) in [5, 5.41) is 4.60. The number of anilines is 1. The second kappa shape index (κ2) is 7.22. The van der Waals surface area contributed by atoms with Gasteiger partial charge in [0.15, 0.2) is 5.13 Å². The molecule has 1 aromatic heterocycles. The zero-order valence-corrected chi connectivity index (χ0v) is 13.1. The van der Waals surface area contributed by atoms with E-state index in [-0.39, 0.29) is 0 Å². The Bertz CT molecular complexity index is 394. The summed E-state index contributed by atoms with van der Waals surface area (Å²) in [6.07, 6.45) is 3.94. The molecular weight excluding hydrogens is 258 g/mol. The molecule has 0 aromatic carbocycles. The molecule has 0 aliphatic carbocycles. The Morgan fingerprint density at radius 2 is 2.32 bits per heavy atom. The lowest BCUT2D eigenvalue weighted by atomic mass is 10.1. The molecule has 0 spiro atoms. The number of nitrogens with one attached hydrogen (secondary N) is 1. The van der Waals surface area contributed by atoms with Gasteiger partial charge in [-0.25, -0.2) is 4.98 Å². The standard InChI is InChI=1S/C14H25N3OS/c1-11-6-4-5-8-17(11)14-16-12(2)13(19-14)10-15-7-9-18-3/h11,15H,4-10H2,1-3H3. The molecule has 1 saturated heterocycles. The van der Waals surface area contributed by atoms with Crippen molar-refractivity contribution in [2.75, 3.05) is 31.7 Å². The molecule has 19 heavy (non-hydrogen) atoms. The molecule has 1 aliphatic rings. The summed E-state index contributed by atoms with van der Waals surface area (Å²) in [6, 6.07) is 0.633. The van der Waals surface area contributed by atoms with E-state index in [1.165, 1.54) is 35.0 Å². The fourth-order valence-electron chi connectivity index (χ4n) is 2.46. The van der Waals surface area contributed by atoms with Crippen molar-refractivity contribution in [2.24, 2.45) is 0 Å². The molecule has 0 radical (unpaired) electrons. The van der Waals surface area contributed by atoms with Crippen molar-refractivity contribution in [3.8, 4) is 0 Å². The molecule has 4 nitrogen and oxygen atoms in total. The first-order chi connectivity index (χ1) is 9.22. The van der Waals surface area contributed by atoms with Crippen molar-refractivity contribution in [1.82, 2.24) is 10.3 Å². The molecule has 1 aliphatic heterocycles. The van der Waals surface area contributed by atoms with E-state index in [1.54, 1.807) is 7.11 Å². The maximum absolute atomic E-state index is 5.04. The van der Waals surface area contributed by atoms with Gasteiger partial charge in [-0.15, -0.1) is 11.3 Å². The number of aryl methyl sites for hydroxylation is 1. The Kier molecular flexibility index (Phi) is 5.60. The summed E-state index contributed by atoms with van der Waals surface area (Å²) in [5.74, 6) is 0. The molecule has 5 heteroatoms. The molecule has 1 N–H and O–H groups in total. The highest BCUT2D eigenvalue weighted by molar-refractivity contribution is 7.15. The molecule has 0 amide bonds. The summed E-state index contributed by atoms with van der Waals surface area (Å²) in [5.41, 5.74) is 1.17. The van der Waals surface area contributed by atoms with Gasteiger partial charge in [0.2, 0.25) is 0 Å². The van der Waals surface area contributed by atoms with Gasteiger partial charge < -0.3 is 15.0 Å². The molecule has 1 atom stereocenters. The van der Waals surface area contributed by atoms with Crippen molar-refractivity contribution >= 4 is 16.5 Å². The first kappa shape index (κ1) is 14.8. The van der Waals surface area contributed by atoms with Crippen molar-refractivity contribution in [3.05, 3.63) is 10.6 Å². The molecular formula is C14H25N3OS. The highest BCUT2D eigenvalue weighted by atomic mass is 32.1. The van der Waals surface area contributed by atoms with Crippen molar-refractivity contribution in [3.63, 3.8) is 0 Å². The van der Waals surface area contributed by atoms with Crippen LogP contribution in [0.3, 0.4) is 0 Å². The Morgan fingerprint density at radius 1 is 1.47 bits per heavy atom. The number of methoxy groups -OCH3 is 1. The monoisotopic (exact) mass is 283 g/mol. The van der Waals surface area contributed by atoms with Gasteiger partial charge in [0, 0.05) is 37.7 Å². The lowest BCUT2D eigenvalue weighted by Crippen LogP contribution is -2.37. The number of rotatable bonds is 6. The van der Waals surface area contributed by atoms with E-state index in [1.807, 2.05) is 11.3 Å². The highest BCUT2D eigenvalue weighted by Crippen LogP contribution is 2.30. The third-order valence-electron chi connectivity index (χ3n) is 3.70. The van der Waals surface area contributed by atoms with Gasteiger partial charge in [-0.05, 0) is 33.1 Å². The van der Waals surface area contributed by atoms with Crippen molar-refractivity contribution in [2.45, 2.75) is 45.7 Å². The maximum Gasteiger partial charge on any atom is 0.186 e. The van der Waals surface area contributed by atoms with E-state index in [0.717, 1.165) is 26.2 Å². The van der Waals surface area contributed by atoms with E-state index in [9.17, 15) is 0 Å². The molecule has 2 rings (SSSR count). The molecule has 0 saturated carbocycles. The third-order valence-corrected chi connectivity index (χ3v) is 4.89. The zero-order chi connectivity index (χ0) is 13.7. The predicted molar refractivity (Wildman–Crippen MR) is 81.1 cm³/mol. The number of nitrogens with zero attached hydrogens (tertiary/aromatic N) is 2. The van der Waals surface area contributed by atoms with Crippen LogP contribution in [0.25, 0.3) is 0 Å². The maximum atomic E-state index is 5.04. The minimum Gasteiger partial charge on any atom is -0.383 e. The SMILES string of the molecule is COCCNCc1sc(N2CCCCC2C)nc1C. The number of piperidine rings is 1. The van der Waals surface area contributed by atoms with Crippen LogP contribution in [0.1, 0.15) is 36.8 Å². The topological polar surface area (TPSA) is 37.4 Å². The lowest BCUT2D eigenvalue weighted by molar-refractivity contribution is 0.199. The van der Waals surface area contributed by atoms with Crippen LogP contribution in [0.4, 0.5) is 5.13 Å². The van der Waals surface area contributed by atoms with Crippen LogP contribution in [0.5, 0.6) is 0 Å². The lowest BCUT2D eigenvalue weighted by Gasteiger charge is -2.33. The largest absolute Gasteiger partial charge is 0.383 e. The van der Waals surface area contributed by atoms with E-state index in [0.29, 0.717) is 6.04 Å². The Morgan fingerprint density at radius 3 is 3.05 bits per heavy atom. The number of ether oxygens (including phenoxy) is 1. The van der Waals surface area contributed by atoms with Crippen LogP contribution < -0.4 is 10.2 Å². The van der Waals surface area contributed by atoms with Crippen LogP contribution in [0.15, 0.2) is 0 Å². The fourth-order valence-corrected chi connectivity index (χ4v) is 3.62. The summed E-state index contributed by atoms with van der Waals surface area (Å²) < 4.78 is 5.04. The summed E-state index contributed by atoms with van der Waals surface area (Å²) in [6.45, 7) is 8.13. The second-order valence-electron chi connectivity index (χ2n) is 5.21. The molecule has 1 fully saturated rings. The first-order valence-corrected chi connectivity index (χ1v) is 7.96. The van der Waals surface area contributed by atoms with Crippen LogP contribution in [-0.2, 0) is 11.3 Å². The van der Waals surface area contributed by atoms with E-state index >= 15 is 0 Å². The molecule has 108 valence electrons. The average molecular weight is 283 g/mol. The number of hydrogen-bond donors (Lipinski definition) is 1. The molecule has 2 heterocycles. The van der Waals surface area contributed by atoms with Gasteiger partial charge in [0.25, 0.3) is 0 Å². The van der Waals surface area contributed by atoms with Crippen LogP contribution >= 0.6 is 11.3 Å². The average Bonchev–Trinajstić information content (AvgIpc) is 2.77. The van der Waals surface area contributed by atoms with Gasteiger partial charge in [-0.2, -0.15) is 0 Å². The highest BCUT2D eigenvalue weighted by Gasteiger charge is 2.22. The van der Waals surface area contributed by atoms with Gasteiger partial charge >= 0.3 is 0 Å². The summed E-state index contributed by atoms with van der Waals surface area (Å²) in [4.78, 5) is 8.58. The minimum atomic E-state index is 0.633. The second-order valence-corrected chi connectivity index (χ2v) is 6.27. The zero-order valence-electron chi connectivity index (χ0n) is 12.2. The van der Waals surface area contributed by atoms with Gasteiger partial charge in [-0.3, -0.25) is 0 Å². The van der Waals surface area contributed by atoms with Crippen molar-refractivity contribution in [1.29, 1.82) is 0 Å². The minimum absolute atomic E-state index is 0.633. The smallest absolute Gasteiger partial charge is 0.186 e. The molecule has 1 aromatic rings. The van der Waals surface area contributed by atoms with E-state index < -0.39 is 0 Å². The van der Waals surface area contributed by atoms with Crippen LogP contribution in [0.2, 0.25) is 0 Å². The van der Waals surface area contributed by atoms with Gasteiger partial charge in [0.05, 0.1) is 12.3 Å². The molecule has 0 bridgehead atoms. The normalized spacial score (nSPS) is 19.9. The first-order valence-electron chi connectivity index (χ1n) is 7.15. The van der Waals surface area contributed by atoms with Crippen LogP contribution in [-0.4, -0.2) is 37.8 Å². The van der Waals surface area contributed by atoms with E-state index in [2.05, 4.69) is 24.1 Å². The number of thiazole rings is 1. The van der Waals surface area contributed by atoms with Gasteiger partial charge in [-0.1, -0.05) is 0 Å². The molecule has 1 unspecified atom stereocenters. The summed E-state index contributed by atoms with van der Waals surface area (Å²) in [7, 11) is 1.73. The van der Waals surface area contributed by atoms with E-state index in [4.69, 9.17) is 9.72 Å². The van der Waals surface area contributed by atoms with Crippen LogP contribution in [0, 0.1) is 6.92 Å². The Labute approximate surface area is 120 Å².